The van der Waals surface area contributed by atoms with E-state index in [-0.39, 0.29) is 5.56 Å². The molecule has 0 saturated carbocycles. The Bertz CT molecular complexity index is 1340. The van der Waals surface area contributed by atoms with Gasteiger partial charge in [0, 0.05) is 11.4 Å². The second-order valence-corrected chi connectivity index (χ2v) is 8.15. The molecule has 7 nitrogen and oxygen atoms in total. The number of aryl methyl sites for hydroxylation is 1. The Morgan fingerprint density at radius 1 is 1.17 bits per heavy atom. The van der Waals surface area contributed by atoms with Crippen molar-refractivity contribution in [2.45, 2.75) is 17.8 Å². The van der Waals surface area contributed by atoms with E-state index in [0.717, 1.165) is 22.0 Å². The van der Waals surface area contributed by atoms with E-state index >= 15 is 0 Å². The number of fused-ring (bicyclic) bond motifs is 1. The largest absolute Gasteiger partial charge is 0.440 e. The van der Waals surface area contributed by atoms with Crippen LogP contribution in [0, 0.1) is 6.92 Å². The highest BCUT2D eigenvalue weighted by Crippen LogP contribution is 2.31. The van der Waals surface area contributed by atoms with Gasteiger partial charge in [-0.25, -0.2) is 15.0 Å². The number of hydrogen-bond donors (Lipinski definition) is 1. The standard InChI is InChI=1S/C20H15N5O2S2/c1-12-14(23-19(27-12)15-8-5-9-28-15)10-29-20-24-16-17(21-11-22-18(16)26)25(20)13-6-3-2-4-7-13/h2-9,11H,10H2,1H3,(H,21,22,26). The van der Waals surface area contributed by atoms with E-state index in [0.29, 0.717) is 28.0 Å². The highest BCUT2D eigenvalue weighted by atomic mass is 32.2. The molecule has 5 rings (SSSR count). The Hall–Kier alpha value is -3.17. The van der Waals surface area contributed by atoms with Crippen LogP contribution in [-0.4, -0.2) is 24.5 Å². The molecule has 0 fully saturated rings. The maximum atomic E-state index is 12.2. The van der Waals surface area contributed by atoms with Crippen molar-refractivity contribution in [1.29, 1.82) is 0 Å². The number of nitrogens with one attached hydrogen (secondary N) is 1. The number of oxazole rings is 1. The first kappa shape index (κ1) is 17.9. The van der Waals surface area contributed by atoms with Crippen LogP contribution in [0.5, 0.6) is 0 Å². The first-order valence-electron chi connectivity index (χ1n) is 8.85. The van der Waals surface area contributed by atoms with Crippen LogP contribution < -0.4 is 5.56 Å². The lowest BCUT2D eigenvalue weighted by atomic mass is 10.3. The zero-order valence-electron chi connectivity index (χ0n) is 15.3. The van der Waals surface area contributed by atoms with Crippen LogP contribution >= 0.6 is 23.1 Å². The van der Waals surface area contributed by atoms with Gasteiger partial charge in [0.2, 0.25) is 5.89 Å². The van der Waals surface area contributed by atoms with Gasteiger partial charge in [-0.15, -0.1) is 11.3 Å². The SMILES string of the molecule is Cc1oc(-c2cccs2)nc1CSc1nc2c(=O)[nH]cnc2n1-c1ccccc1. The number of para-hydroxylation sites is 1. The zero-order chi connectivity index (χ0) is 19.8. The third kappa shape index (κ3) is 3.28. The predicted molar refractivity (Wildman–Crippen MR) is 114 cm³/mol. The molecule has 5 aromatic rings. The Kier molecular flexibility index (Phi) is 4.53. The molecular weight excluding hydrogens is 406 g/mol. The number of nitrogens with zero attached hydrogens (tertiary/aromatic N) is 4. The van der Waals surface area contributed by atoms with Crippen molar-refractivity contribution >= 4 is 34.3 Å². The van der Waals surface area contributed by atoms with E-state index in [1.165, 1.54) is 18.1 Å². The quantitative estimate of drug-likeness (QED) is 0.422. The van der Waals surface area contributed by atoms with Crippen LogP contribution in [0.2, 0.25) is 0 Å². The molecule has 0 atom stereocenters. The Morgan fingerprint density at radius 2 is 2.03 bits per heavy atom. The highest BCUT2D eigenvalue weighted by Gasteiger charge is 2.18. The minimum Gasteiger partial charge on any atom is -0.440 e. The monoisotopic (exact) mass is 421 g/mol. The Morgan fingerprint density at radius 3 is 2.83 bits per heavy atom. The Labute approximate surface area is 173 Å². The summed E-state index contributed by atoms with van der Waals surface area (Å²) in [4.78, 5) is 29.4. The van der Waals surface area contributed by atoms with Gasteiger partial charge in [-0.05, 0) is 30.5 Å². The van der Waals surface area contributed by atoms with E-state index in [1.54, 1.807) is 11.3 Å². The maximum absolute atomic E-state index is 12.2. The summed E-state index contributed by atoms with van der Waals surface area (Å²) in [6.07, 6.45) is 1.40. The fourth-order valence-electron chi connectivity index (χ4n) is 2.99. The summed E-state index contributed by atoms with van der Waals surface area (Å²) in [6.45, 7) is 1.91. The molecule has 9 heteroatoms. The van der Waals surface area contributed by atoms with Gasteiger partial charge in [0.05, 0.1) is 16.9 Å². The number of hydrogen-bond acceptors (Lipinski definition) is 7. The molecule has 0 amide bonds. The molecule has 4 aromatic heterocycles. The molecule has 0 radical (unpaired) electrons. The van der Waals surface area contributed by atoms with Gasteiger partial charge < -0.3 is 9.40 Å². The van der Waals surface area contributed by atoms with Crippen LogP contribution in [0.3, 0.4) is 0 Å². The zero-order valence-corrected chi connectivity index (χ0v) is 17.0. The molecule has 0 aliphatic carbocycles. The van der Waals surface area contributed by atoms with E-state index in [1.807, 2.05) is 59.3 Å². The summed E-state index contributed by atoms with van der Waals surface area (Å²) in [6, 6.07) is 13.7. The normalized spacial score (nSPS) is 11.3. The first-order chi connectivity index (χ1) is 14.2. The summed E-state index contributed by atoms with van der Waals surface area (Å²) in [5.74, 6) is 1.97. The second-order valence-electron chi connectivity index (χ2n) is 6.26. The lowest BCUT2D eigenvalue weighted by Gasteiger charge is -2.07. The summed E-state index contributed by atoms with van der Waals surface area (Å²) >= 11 is 3.08. The molecule has 1 N–H and O–H groups in total. The second kappa shape index (κ2) is 7.34. The van der Waals surface area contributed by atoms with Gasteiger partial charge in [-0.2, -0.15) is 0 Å². The molecule has 0 aliphatic heterocycles. The van der Waals surface area contributed by atoms with E-state index < -0.39 is 0 Å². The van der Waals surface area contributed by atoms with Gasteiger partial charge in [0.25, 0.3) is 5.56 Å². The molecular formula is C20H15N5O2S2. The van der Waals surface area contributed by atoms with Gasteiger partial charge in [-0.3, -0.25) is 9.36 Å². The minimum absolute atomic E-state index is 0.260. The Balaban J connectivity index is 1.53. The van der Waals surface area contributed by atoms with Crippen LogP contribution in [0.25, 0.3) is 27.6 Å². The molecule has 0 unspecified atom stereocenters. The van der Waals surface area contributed by atoms with Gasteiger partial charge in [0.1, 0.15) is 5.76 Å². The van der Waals surface area contributed by atoms with Crippen molar-refractivity contribution in [3.8, 4) is 16.5 Å². The molecule has 0 saturated heterocycles. The van der Waals surface area contributed by atoms with Crippen LogP contribution in [0.1, 0.15) is 11.5 Å². The van der Waals surface area contributed by atoms with Crippen molar-refractivity contribution in [1.82, 2.24) is 24.5 Å². The third-order valence-electron chi connectivity index (χ3n) is 4.40. The molecule has 1 aromatic carbocycles. The number of benzene rings is 1. The number of thioether (sulfide) groups is 1. The summed E-state index contributed by atoms with van der Waals surface area (Å²) < 4.78 is 7.73. The molecule has 144 valence electrons. The van der Waals surface area contributed by atoms with Gasteiger partial charge in [-0.1, -0.05) is 36.0 Å². The summed E-state index contributed by atoms with van der Waals surface area (Å²) in [7, 11) is 0. The average Bonchev–Trinajstić information content (AvgIpc) is 3.46. The lowest BCUT2D eigenvalue weighted by molar-refractivity contribution is 0.542. The van der Waals surface area contributed by atoms with E-state index in [2.05, 4.69) is 19.9 Å². The van der Waals surface area contributed by atoms with Gasteiger partial charge in [0.15, 0.2) is 16.3 Å². The molecule has 0 aliphatic rings. The number of imidazole rings is 1. The number of rotatable bonds is 5. The molecule has 0 spiro atoms. The maximum Gasteiger partial charge on any atom is 0.278 e. The lowest BCUT2D eigenvalue weighted by Crippen LogP contribution is -2.07. The van der Waals surface area contributed by atoms with Crippen LogP contribution in [0.4, 0.5) is 0 Å². The van der Waals surface area contributed by atoms with Crippen molar-refractivity contribution in [3.63, 3.8) is 0 Å². The molecule has 0 bridgehead atoms. The van der Waals surface area contributed by atoms with Crippen molar-refractivity contribution < 1.29 is 4.42 Å². The number of aromatic nitrogens is 5. The molecule has 4 heterocycles. The van der Waals surface area contributed by atoms with Crippen molar-refractivity contribution in [2.75, 3.05) is 0 Å². The van der Waals surface area contributed by atoms with Gasteiger partial charge >= 0.3 is 0 Å². The van der Waals surface area contributed by atoms with Crippen molar-refractivity contribution in [2.24, 2.45) is 0 Å². The van der Waals surface area contributed by atoms with E-state index in [4.69, 9.17) is 4.42 Å². The first-order valence-corrected chi connectivity index (χ1v) is 10.7. The van der Waals surface area contributed by atoms with Crippen molar-refractivity contribution in [3.05, 3.63) is 76.0 Å². The van der Waals surface area contributed by atoms with Crippen LogP contribution in [0.15, 0.2) is 68.5 Å². The smallest absolute Gasteiger partial charge is 0.278 e. The number of aromatic amines is 1. The fourth-order valence-corrected chi connectivity index (χ4v) is 4.65. The highest BCUT2D eigenvalue weighted by molar-refractivity contribution is 7.98. The number of H-pyrrole nitrogens is 1. The number of thiophene rings is 1. The molecule has 29 heavy (non-hydrogen) atoms. The summed E-state index contributed by atoms with van der Waals surface area (Å²) in [5.41, 5.74) is 2.33. The van der Waals surface area contributed by atoms with E-state index in [9.17, 15) is 4.79 Å². The fraction of sp³-hybridized carbons (Fsp3) is 0.100. The topological polar surface area (TPSA) is 89.6 Å². The summed E-state index contributed by atoms with van der Waals surface area (Å²) in [5, 5.41) is 2.67. The predicted octanol–water partition coefficient (Wildman–Crippen LogP) is 4.43. The third-order valence-corrected chi connectivity index (χ3v) is 6.20. The van der Waals surface area contributed by atoms with Crippen LogP contribution in [-0.2, 0) is 5.75 Å². The minimum atomic E-state index is -0.260. The average molecular weight is 422 g/mol.